The molecule has 0 bridgehead atoms. The van der Waals surface area contributed by atoms with Gasteiger partial charge in [-0.25, -0.2) is 0 Å². The van der Waals surface area contributed by atoms with E-state index in [4.69, 9.17) is 20.5 Å². The molecule has 0 amide bonds. The molecule has 0 aromatic heterocycles. The zero-order valence-electron chi connectivity index (χ0n) is 11.8. The van der Waals surface area contributed by atoms with Crippen LogP contribution in [0.1, 0.15) is 24.1 Å². The number of nitrogens with two attached hydrogens (primary N) is 1. The first-order valence-corrected chi connectivity index (χ1v) is 7.15. The molecule has 2 N–H and O–H groups in total. The lowest BCUT2D eigenvalue weighted by molar-refractivity contribution is 0.409. The van der Waals surface area contributed by atoms with Crippen molar-refractivity contribution in [1.29, 1.82) is 5.26 Å². The minimum atomic E-state index is -0.0598. The second kappa shape index (κ2) is 6.61. The molecule has 4 nitrogen and oxygen atoms in total. The zero-order chi connectivity index (χ0) is 15.4. The number of methoxy groups -OCH3 is 1. The summed E-state index contributed by atoms with van der Waals surface area (Å²) in [5.41, 5.74) is 7.36. The van der Waals surface area contributed by atoms with Crippen LogP contribution in [0.15, 0.2) is 40.9 Å². The summed E-state index contributed by atoms with van der Waals surface area (Å²) in [6.45, 7) is 1.92. The smallest absolute Gasteiger partial charge is 0.132 e. The van der Waals surface area contributed by atoms with Gasteiger partial charge < -0.3 is 15.2 Å². The lowest BCUT2D eigenvalue weighted by atomic mass is 10.1. The van der Waals surface area contributed by atoms with Crippen molar-refractivity contribution >= 4 is 15.9 Å². The van der Waals surface area contributed by atoms with Gasteiger partial charge in [0, 0.05) is 16.6 Å². The molecule has 108 valence electrons. The van der Waals surface area contributed by atoms with Crippen LogP contribution in [0.25, 0.3) is 0 Å². The number of nitrogens with zero attached hydrogens (tertiary/aromatic N) is 1. The van der Waals surface area contributed by atoms with Gasteiger partial charge in [-0.3, -0.25) is 0 Å². The largest absolute Gasteiger partial charge is 0.497 e. The predicted molar refractivity (Wildman–Crippen MR) is 84.5 cm³/mol. The van der Waals surface area contributed by atoms with Gasteiger partial charge in [-0.2, -0.15) is 5.26 Å². The Labute approximate surface area is 132 Å². The second-order valence-electron chi connectivity index (χ2n) is 4.58. The van der Waals surface area contributed by atoms with Crippen LogP contribution in [0.2, 0.25) is 0 Å². The van der Waals surface area contributed by atoms with E-state index >= 15 is 0 Å². The highest BCUT2D eigenvalue weighted by Crippen LogP contribution is 2.31. The molecular formula is C16H15BrN2O2. The lowest BCUT2D eigenvalue weighted by Gasteiger charge is -2.12. The summed E-state index contributed by atoms with van der Waals surface area (Å²) in [5.74, 6) is 1.78. The summed E-state index contributed by atoms with van der Waals surface area (Å²) in [5, 5.41) is 9.01. The van der Waals surface area contributed by atoms with Crippen molar-refractivity contribution < 1.29 is 9.47 Å². The van der Waals surface area contributed by atoms with Gasteiger partial charge in [0.05, 0.1) is 18.7 Å². The molecule has 0 heterocycles. The van der Waals surface area contributed by atoms with E-state index in [2.05, 4.69) is 22.0 Å². The van der Waals surface area contributed by atoms with Crippen LogP contribution < -0.4 is 15.2 Å². The molecule has 2 rings (SSSR count). The number of benzene rings is 2. The molecule has 0 spiro atoms. The number of hydrogen-bond acceptors (Lipinski definition) is 4. The second-order valence-corrected chi connectivity index (χ2v) is 5.44. The molecule has 0 radical (unpaired) electrons. The summed E-state index contributed by atoms with van der Waals surface area (Å²) < 4.78 is 11.8. The van der Waals surface area contributed by atoms with Gasteiger partial charge in [-0.15, -0.1) is 0 Å². The van der Waals surface area contributed by atoms with Crippen LogP contribution in [-0.4, -0.2) is 7.11 Å². The molecule has 0 saturated carbocycles. The number of nitriles is 1. The molecule has 0 fully saturated rings. The zero-order valence-corrected chi connectivity index (χ0v) is 13.3. The minimum Gasteiger partial charge on any atom is -0.497 e. The number of hydrogen-bond donors (Lipinski definition) is 1. The maximum absolute atomic E-state index is 9.01. The molecule has 21 heavy (non-hydrogen) atoms. The monoisotopic (exact) mass is 346 g/mol. The van der Waals surface area contributed by atoms with E-state index in [1.165, 1.54) is 0 Å². The first-order chi connectivity index (χ1) is 10.0. The summed E-state index contributed by atoms with van der Waals surface area (Å²) >= 11 is 3.48. The van der Waals surface area contributed by atoms with Crippen LogP contribution in [0, 0.1) is 11.3 Å². The van der Waals surface area contributed by atoms with Crippen LogP contribution in [-0.2, 0) is 0 Å². The average molecular weight is 347 g/mol. The summed E-state index contributed by atoms with van der Waals surface area (Å²) in [7, 11) is 1.55. The first-order valence-electron chi connectivity index (χ1n) is 6.35. The van der Waals surface area contributed by atoms with E-state index < -0.39 is 0 Å². The number of rotatable bonds is 4. The summed E-state index contributed by atoms with van der Waals surface area (Å²) in [4.78, 5) is 0. The van der Waals surface area contributed by atoms with E-state index in [0.29, 0.717) is 22.8 Å². The van der Waals surface area contributed by atoms with Crippen molar-refractivity contribution in [1.82, 2.24) is 0 Å². The van der Waals surface area contributed by atoms with Crippen LogP contribution in [0.3, 0.4) is 0 Å². The molecule has 5 heteroatoms. The van der Waals surface area contributed by atoms with E-state index in [1.807, 2.05) is 25.1 Å². The Hall–Kier alpha value is -2.03. The van der Waals surface area contributed by atoms with E-state index in [0.717, 1.165) is 10.0 Å². The Bertz CT molecular complexity index is 693. The molecule has 0 saturated heterocycles. The molecule has 2 aromatic carbocycles. The van der Waals surface area contributed by atoms with Gasteiger partial charge in [-0.05, 0) is 36.8 Å². The first kappa shape index (κ1) is 15.4. The molecule has 0 aliphatic heterocycles. The summed E-state index contributed by atoms with van der Waals surface area (Å²) in [6.07, 6.45) is 0. The van der Waals surface area contributed by atoms with Crippen molar-refractivity contribution in [3.05, 3.63) is 52.0 Å². The van der Waals surface area contributed by atoms with E-state index in [-0.39, 0.29) is 6.04 Å². The molecule has 2 aromatic rings. The van der Waals surface area contributed by atoms with Gasteiger partial charge in [0.2, 0.25) is 0 Å². The molecular weight excluding hydrogens is 332 g/mol. The Morgan fingerprint density at radius 3 is 2.43 bits per heavy atom. The van der Waals surface area contributed by atoms with E-state index in [1.54, 1.807) is 25.3 Å². The highest BCUT2D eigenvalue weighted by molar-refractivity contribution is 9.10. The molecule has 0 unspecified atom stereocenters. The van der Waals surface area contributed by atoms with Crippen molar-refractivity contribution in [2.45, 2.75) is 13.0 Å². The van der Waals surface area contributed by atoms with Gasteiger partial charge in [0.1, 0.15) is 17.2 Å². The number of ether oxygens (including phenoxy) is 2. The average Bonchev–Trinajstić information content (AvgIpc) is 2.46. The third kappa shape index (κ3) is 3.75. The lowest BCUT2D eigenvalue weighted by Crippen LogP contribution is -2.05. The fourth-order valence-corrected chi connectivity index (χ4v) is 2.61. The third-order valence-corrected chi connectivity index (χ3v) is 3.63. The Kier molecular flexibility index (Phi) is 4.84. The topological polar surface area (TPSA) is 68.3 Å². The number of halogens is 1. The van der Waals surface area contributed by atoms with Crippen molar-refractivity contribution in [2.24, 2.45) is 5.73 Å². The Morgan fingerprint density at radius 1 is 1.14 bits per heavy atom. The van der Waals surface area contributed by atoms with Crippen molar-refractivity contribution in [2.75, 3.05) is 7.11 Å². The minimum absolute atomic E-state index is 0.0598. The molecule has 0 aliphatic rings. The van der Waals surface area contributed by atoms with Gasteiger partial charge in [0.25, 0.3) is 0 Å². The normalized spacial score (nSPS) is 11.6. The van der Waals surface area contributed by atoms with E-state index in [9.17, 15) is 0 Å². The van der Waals surface area contributed by atoms with Crippen LogP contribution in [0.4, 0.5) is 0 Å². The van der Waals surface area contributed by atoms with Crippen molar-refractivity contribution in [3.8, 4) is 23.3 Å². The Morgan fingerprint density at radius 2 is 1.86 bits per heavy atom. The fraction of sp³-hybridized carbons (Fsp3) is 0.188. The quantitative estimate of drug-likeness (QED) is 0.902. The summed E-state index contributed by atoms with van der Waals surface area (Å²) in [6, 6.07) is 12.7. The highest BCUT2D eigenvalue weighted by Gasteiger charge is 2.08. The maximum atomic E-state index is 9.01. The van der Waals surface area contributed by atoms with Crippen molar-refractivity contribution in [3.63, 3.8) is 0 Å². The molecule has 0 aliphatic carbocycles. The standard InChI is InChI=1S/C16H15BrN2O2/c1-10(19)15-4-3-12(8-16(15)17)21-14-6-11(9-18)5-13(7-14)20-2/h3-8,10H,19H2,1-2H3/t10-/m1/s1. The predicted octanol–water partition coefficient (Wildman–Crippen LogP) is 4.14. The van der Waals surface area contributed by atoms with Crippen LogP contribution in [0.5, 0.6) is 17.2 Å². The fourth-order valence-electron chi connectivity index (χ4n) is 1.89. The maximum Gasteiger partial charge on any atom is 0.132 e. The SMILES string of the molecule is COc1cc(C#N)cc(Oc2ccc([C@@H](C)N)c(Br)c2)c1. The molecule has 1 atom stereocenters. The van der Waals surface area contributed by atoms with Gasteiger partial charge in [0.15, 0.2) is 0 Å². The van der Waals surface area contributed by atoms with Gasteiger partial charge in [-0.1, -0.05) is 22.0 Å². The highest BCUT2D eigenvalue weighted by atomic mass is 79.9. The van der Waals surface area contributed by atoms with Gasteiger partial charge >= 0.3 is 0 Å². The third-order valence-electron chi connectivity index (χ3n) is 2.94. The Balaban J connectivity index is 2.30. The van der Waals surface area contributed by atoms with Crippen LogP contribution >= 0.6 is 15.9 Å².